The van der Waals surface area contributed by atoms with E-state index in [1.165, 1.54) is 0 Å². The van der Waals surface area contributed by atoms with Gasteiger partial charge in [0.2, 0.25) is 11.9 Å². The number of morpholine rings is 1. The van der Waals surface area contributed by atoms with Gasteiger partial charge in [0, 0.05) is 32.2 Å². The lowest BCUT2D eigenvalue weighted by atomic mass is 10.2. The highest BCUT2D eigenvalue weighted by atomic mass is 16.5. The molecule has 2 fully saturated rings. The summed E-state index contributed by atoms with van der Waals surface area (Å²) in [5.41, 5.74) is 5.54. The first-order valence-corrected chi connectivity index (χ1v) is 6.07. The SMILES string of the molecule is Nc1nc(N2CCC(N3CCOCC3)C2)n[nH]1. The molecule has 3 N–H and O–H groups in total. The summed E-state index contributed by atoms with van der Waals surface area (Å²) >= 11 is 0. The van der Waals surface area contributed by atoms with Gasteiger partial charge < -0.3 is 15.4 Å². The largest absolute Gasteiger partial charge is 0.379 e. The highest BCUT2D eigenvalue weighted by Crippen LogP contribution is 2.20. The first-order valence-electron chi connectivity index (χ1n) is 6.07. The molecule has 0 spiro atoms. The zero-order chi connectivity index (χ0) is 11.7. The van der Waals surface area contributed by atoms with Gasteiger partial charge in [-0.2, -0.15) is 4.98 Å². The molecule has 0 amide bonds. The number of aromatic amines is 1. The number of H-pyrrole nitrogens is 1. The summed E-state index contributed by atoms with van der Waals surface area (Å²) in [6.07, 6.45) is 1.16. The molecule has 2 saturated heterocycles. The molecule has 94 valence electrons. The molecule has 1 atom stereocenters. The zero-order valence-electron chi connectivity index (χ0n) is 9.80. The van der Waals surface area contributed by atoms with E-state index in [1.807, 2.05) is 0 Å². The third kappa shape index (κ3) is 2.20. The van der Waals surface area contributed by atoms with Gasteiger partial charge in [-0.05, 0) is 6.42 Å². The molecule has 1 aromatic rings. The molecule has 2 aliphatic heterocycles. The molecule has 7 heteroatoms. The predicted octanol–water partition coefficient (Wildman–Crippen LogP) is -0.702. The molecular formula is C10H18N6O. The Morgan fingerprint density at radius 3 is 2.82 bits per heavy atom. The monoisotopic (exact) mass is 238 g/mol. The number of aromatic nitrogens is 3. The second-order valence-electron chi connectivity index (χ2n) is 4.56. The van der Waals surface area contributed by atoms with E-state index in [0.29, 0.717) is 12.0 Å². The van der Waals surface area contributed by atoms with Gasteiger partial charge in [0.05, 0.1) is 13.2 Å². The van der Waals surface area contributed by atoms with Crippen molar-refractivity contribution < 1.29 is 4.74 Å². The van der Waals surface area contributed by atoms with E-state index in [4.69, 9.17) is 10.5 Å². The minimum Gasteiger partial charge on any atom is -0.379 e. The molecule has 7 nitrogen and oxygen atoms in total. The first-order chi connectivity index (χ1) is 8.33. The van der Waals surface area contributed by atoms with Crippen molar-refractivity contribution in [3.05, 3.63) is 0 Å². The number of nitrogen functional groups attached to an aromatic ring is 1. The molecule has 3 heterocycles. The summed E-state index contributed by atoms with van der Waals surface area (Å²) in [6, 6.07) is 0.596. The van der Waals surface area contributed by atoms with Gasteiger partial charge in [-0.25, -0.2) is 5.10 Å². The van der Waals surface area contributed by atoms with Crippen LogP contribution in [0.1, 0.15) is 6.42 Å². The minimum atomic E-state index is 0.384. The number of nitrogens with two attached hydrogens (primary N) is 1. The number of hydrogen-bond donors (Lipinski definition) is 2. The average Bonchev–Trinajstić information content (AvgIpc) is 2.98. The molecule has 0 radical (unpaired) electrons. The Hall–Kier alpha value is -1.34. The van der Waals surface area contributed by atoms with Crippen LogP contribution in [0.5, 0.6) is 0 Å². The Balaban J connectivity index is 1.61. The molecule has 0 aromatic carbocycles. The maximum Gasteiger partial charge on any atom is 0.246 e. The molecule has 1 unspecified atom stereocenters. The lowest BCUT2D eigenvalue weighted by Crippen LogP contribution is -2.44. The maximum absolute atomic E-state index is 5.54. The van der Waals surface area contributed by atoms with Gasteiger partial charge in [0.1, 0.15) is 0 Å². The van der Waals surface area contributed by atoms with E-state index in [2.05, 4.69) is 25.0 Å². The summed E-state index contributed by atoms with van der Waals surface area (Å²) in [4.78, 5) is 8.85. The van der Waals surface area contributed by atoms with Crippen molar-refractivity contribution in [3.8, 4) is 0 Å². The number of ether oxygens (including phenoxy) is 1. The normalized spacial score (nSPS) is 26.6. The van der Waals surface area contributed by atoms with Crippen molar-refractivity contribution >= 4 is 11.9 Å². The third-order valence-electron chi connectivity index (χ3n) is 3.50. The Kier molecular flexibility index (Phi) is 2.86. The Morgan fingerprint density at radius 2 is 2.12 bits per heavy atom. The van der Waals surface area contributed by atoms with E-state index in [0.717, 1.165) is 51.8 Å². The van der Waals surface area contributed by atoms with Crippen LogP contribution in [0.3, 0.4) is 0 Å². The molecule has 2 aliphatic rings. The minimum absolute atomic E-state index is 0.384. The third-order valence-corrected chi connectivity index (χ3v) is 3.50. The molecule has 3 rings (SSSR count). The van der Waals surface area contributed by atoms with Crippen LogP contribution < -0.4 is 10.6 Å². The van der Waals surface area contributed by atoms with E-state index >= 15 is 0 Å². The van der Waals surface area contributed by atoms with Gasteiger partial charge in [-0.15, -0.1) is 5.10 Å². The van der Waals surface area contributed by atoms with Crippen molar-refractivity contribution in [3.63, 3.8) is 0 Å². The van der Waals surface area contributed by atoms with E-state index in [9.17, 15) is 0 Å². The van der Waals surface area contributed by atoms with Crippen molar-refractivity contribution in [2.24, 2.45) is 0 Å². The van der Waals surface area contributed by atoms with Crippen molar-refractivity contribution in [1.82, 2.24) is 20.1 Å². The summed E-state index contributed by atoms with van der Waals surface area (Å²) < 4.78 is 5.37. The summed E-state index contributed by atoms with van der Waals surface area (Å²) in [6.45, 7) is 5.76. The van der Waals surface area contributed by atoms with E-state index < -0.39 is 0 Å². The number of nitrogens with one attached hydrogen (secondary N) is 1. The fourth-order valence-corrected chi connectivity index (χ4v) is 2.57. The van der Waals surface area contributed by atoms with Gasteiger partial charge in [-0.3, -0.25) is 4.90 Å². The van der Waals surface area contributed by atoms with Crippen LogP contribution >= 0.6 is 0 Å². The number of anilines is 2. The first kappa shape index (κ1) is 10.8. The van der Waals surface area contributed by atoms with Gasteiger partial charge in [0.15, 0.2) is 0 Å². The Bertz CT molecular complexity index is 375. The van der Waals surface area contributed by atoms with Crippen LogP contribution in [0.15, 0.2) is 0 Å². The Morgan fingerprint density at radius 1 is 1.29 bits per heavy atom. The van der Waals surface area contributed by atoms with Crippen LogP contribution in [-0.2, 0) is 4.74 Å². The van der Waals surface area contributed by atoms with Crippen molar-refractivity contribution in [2.45, 2.75) is 12.5 Å². The quantitative estimate of drug-likeness (QED) is 0.709. The van der Waals surface area contributed by atoms with E-state index in [-0.39, 0.29) is 0 Å². The summed E-state index contributed by atoms with van der Waals surface area (Å²) in [5.74, 6) is 1.10. The van der Waals surface area contributed by atoms with Gasteiger partial charge in [-0.1, -0.05) is 0 Å². The van der Waals surface area contributed by atoms with Crippen LogP contribution in [0, 0.1) is 0 Å². The Labute approximate surface area is 99.9 Å². The molecular weight excluding hydrogens is 220 g/mol. The van der Waals surface area contributed by atoms with Crippen molar-refractivity contribution in [2.75, 3.05) is 50.0 Å². The van der Waals surface area contributed by atoms with Crippen LogP contribution in [0.25, 0.3) is 0 Å². The molecule has 1 aromatic heterocycles. The predicted molar refractivity (Wildman–Crippen MR) is 63.8 cm³/mol. The zero-order valence-corrected chi connectivity index (χ0v) is 9.80. The van der Waals surface area contributed by atoms with Gasteiger partial charge in [0.25, 0.3) is 0 Å². The molecule has 17 heavy (non-hydrogen) atoms. The molecule has 0 aliphatic carbocycles. The fraction of sp³-hybridized carbons (Fsp3) is 0.800. The summed E-state index contributed by atoms with van der Waals surface area (Å²) in [7, 11) is 0. The van der Waals surface area contributed by atoms with E-state index in [1.54, 1.807) is 0 Å². The second-order valence-corrected chi connectivity index (χ2v) is 4.56. The highest BCUT2D eigenvalue weighted by molar-refractivity contribution is 5.35. The van der Waals surface area contributed by atoms with Crippen LogP contribution in [0.4, 0.5) is 11.9 Å². The highest BCUT2D eigenvalue weighted by Gasteiger charge is 2.30. The summed E-state index contributed by atoms with van der Waals surface area (Å²) in [5, 5.41) is 6.78. The van der Waals surface area contributed by atoms with Crippen molar-refractivity contribution in [1.29, 1.82) is 0 Å². The number of nitrogens with zero attached hydrogens (tertiary/aromatic N) is 4. The fourth-order valence-electron chi connectivity index (χ4n) is 2.57. The number of rotatable bonds is 2. The number of hydrogen-bond acceptors (Lipinski definition) is 6. The second kappa shape index (κ2) is 4.50. The van der Waals surface area contributed by atoms with Gasteiger partial charge >= 0.3 is 0 Å². The lowest BCUT2D eigenvalue weighted by Gasteiger charge is -2.31. The average molecular weight is 238 g/mol. The maximum atomic E-state index is 5.54. The standard InChI is InChI=1S/C10H18N6O/c11-9-12-10(14-13-9)16-2-1-8(7-16)15-3-5-17-6-4-15/h8H,1-7H2,(H3,11,12,13,14). The lowest BCUT2D eigenvalue weighted by molar-refractivity contribution is 0.0209. The molecule has 0 bridgehead atoms. The topological polar surface area (TPSA) is 83.3 Å². The van der Waals surface area contributed by atoms with Crippen LogP contribution in [0.2, 0.25) is 0 Å². The molecule has 0 saturated carbocycles. The van der Waals surface area contributed by atoms with Crippen LogP contribution in [-0.4, -0.2) is 65.5 Å². The smallest absolute Gasteiger partial charge is 0.246 e.